The van der Waals surface area contributed by atoms with Crippen LogP contribution >= 0.6 is 15.9 Å². The molecule has 2 aromatic heterocycles. The summed E-state index contributed by atoms with van der Waals surface area (Å²) in [4.78, 5) is 29.4. The molecule has 3 heterocycles. The molecule has 0 bridgehead atoms. The summed E-state index contributed by atoms with van der Waals surface area (Å²) in [5, 5.41) is 1.94. The van der Waals surface area contributed by atoms with E-state index in [1.54, 1.807) is 24.3 Å². The minimum absolute atomic E-state index is 0.0655. The molecule has 0 radical (unpaired) electrons. The molecule has 6 nitrogen and oxygen atoms in total. The van der Waals surface area contributed by atoms with Crippen LogP contribution in [0.3, 0.4) is 0 Å². The highest BCUT2D eigenvalue weighted by molar-refractivity contribution is 9.10. The van der Waals surface area contributed by atoms with Crippen LogP contribution in [-0.2, 0) is 17.8 Å². The molecule has 146 valence electrons. The number of carbonyl (C=O) groups is 1. The van der Waals surface area contributed by atoms with Gasteiger partial charge in [-0.15, -0.1) is 0 Å². The van der Waals surface area contributed by atoms with E-state index in [-0.39, 0.29) is 12.5 Å². The lowest BCUT2D eigenvalue weighted by Gasteiger charge is -2.27. The third kappa shape index (κ3) is 3.42. The minimum Gasteiger partial charge on any atom is -0.484 e. The number of hydrogen-bond acceptors (Lipinski definition) is 4. The molecule has 4 aromatic rings. The molecule has 0 saturated carbocycles. The highest BCUT2D eigenvalue weighted by Gasteiger charge is 2.24. The summed E-state index contributed by atoms with van der Waals surface area (Å²) in [5.74, 6) is 0.420. The Balaban J connectivity index is 1.31. The van der Waals surface area contributed by atoms with E-state index >= 15 is 0 Å². The molecule has 0 saturated heterocycles. The number of carbonyl (C=O) groups excluding carboxylic acids is 1. The first-order valence-corrected chi connectivity index (χ1v) is 10.1. The first-order valence-electron chi connectivity index (χ1n) is 9.30. The molecule has 0 spiro atoms. The summed E-state index contributed by atoms with van der Waals surface area (Å²) in [6.45, 7) is 1.14. The molecule has 1 amide bonds. The van der Waals surface area contributed by atoms with Gasteiger partial charge in [-0.3, -0.25) is 4.79 Å². The van der Waals surface area contributed by atoms with Crippen molar-refractivity contribution in [3.63, 3.8) is 0 Å². The van der Waals surface area contributed by atoms with E-state index in [9.17, 15) is 9.59 Å². The van der Waals surface area contributed by atoms with Crippen LogP contribution in [-0.4, -0.2) is 28.9 Å². The van der Waals surface area contributed by atoms with Crippen molar-refractivity contribution < 1.29 is 13.9 Å². The summed E-state index contributed by atoms with van der Waals surface area (Å²) >= 11 is 3.52. The second-order valence-corrected chi connectivity index (χ2v) is 8.00. The maximum Gasteiger partial charge on any atom is 0.336 e. The molecule has 1 aliphatic heterocycles. The zero-order valence-corrected chi connectivity index (χ0v) is 17.0. The number of ether oxygens (including phenoxy) is 1. The quantitative estimate of drug-likeness (QED) is 0.476. The van der Waals surface area contributed by atoms with Gasteiger partial charge in [0.1, 0.15) is 11.3 Å². The average molecular weight is 453 g/mol. The van der Waals surface area contributed by atoms with Gasteiger partial charge < -0.3 is 19.0 Å². The maximum absolute atomic E-state index is 12.7. The third-order valence-corrected chi connectivity index (χ3v) is 5.74. The van der Waals surface area contributed by atoms with Gasteiger partial charge in [-0.25, -0.2) is 4.79 Å². The van der Waals surface area contributed by atoms with E-state index in [1.165, 1.54) is 11.8 Å². The summed E-state index contributed by atoms with van der Waals surface area (Å²) in [7, 11) is 0. The minimum atomic E-state index is -0.416. The van der Waals surface area contributed by atoms with Crippen LogP contribution in [0.15, 0.2) is 62.2 Å². The van der Waals surface area contributed by atoms with Gasteiger partial charge in [0.05, 0.1) is 0 Å². The van der Waals surface area contributed by atoms with E-state index < -0.39 is 5.63 Å². The Labute approximate surface area is 174 Å². The van der Waals surface area contributed by atoms with Crippen molar-refractivity contribution in [2.45, 2.75) is 13.0 Å². The van der Waals surface area contributed by atoms with E-state index in [4.69, 9.17) is 9.15 Å². The number of rotatable bonds is 3. The molecule has 1 aliphatic rings. The Bertz CT molecular complexity index is 1310. The van der Waals surface area contributed by atoms with Gasteiger partial charge >= 0.3 is 5.63 Å². The maximum atomic E-state index is 12.7. The fourth-order valence-electron chi connectivity index (χ4n) is 3.77. The number of nitrogens with zero attached hydrogens (tertiary/aromatic N) is 1. The van der Waals surface area contributed by atoms with Crippen molar-refractivity contribution in [3.05, 3.63) is 74.7 Å². The average Bonchev–Trinajstić information content (AvgIpc) is 3.08. The molecule has 7 heteroatoms. The summed E-state index contributed by atoms with van der Waals surface area (Å²) in [5.41, 5.74) is 3.46. The molecular formula is C22H17BrN2O4. The first-order chi connectivity index (χ1) is 14.1. The lowest BCUT2D eigenvalue weighted by molar-refractivity contribution is -0.134. The second kappa shape index (κ2) is 7.08. The molecule has 29 heavy (non-hydrogen) atoms. The number of fused-ring (bicyclic) bond motifs is 4. The van der Waals surface area contributed by atoms with Crippen LogP contribution in [0.4, 0.5) is 0 Å². The molecule has 2 aromatic carbocycles. The van der Waals surface area contributed by atoms with Crippen molar-refractivity contribution in [3.8, 4) is 5.75 Å². The van der Waals surface area contributed by atoms with Crippen LogP contribution in [0.1, 0.15) is 11.3 Å². The number of benzene rings is 2. The molecule has 0 unspecified atom stereocenters. The standard InChI is InChI=1S/C22H17BrN2O4/c23-14-3-5-18-16(9-14)17-11-25(8-7-19(17)24-18)21(26)12-28-15-4-1-13-2-6-22(27)29-20(13)10-15/h1-6,9-10,24H,7-8,11-12H2. The van der Waals surface area contributed by atoms with Crippen molar-refractivity contribution >= 4 is 43.7 Å². The summed E-state index contributed by atoms with van der Waals surface area (Å²) in [6.07, 6.45) is 0.786. The molecule has 5 rings (SSSR count). The van der Waals surface area contributed by atoms with Crippen molar-refractivity contribution in [1.29, 1.82) is 0 Å². The van der Waals surface area contributed by atoms with Crippen LogP contribution in [0.5, 0.6) is 5.75 Å². The predicted molar refractivity (Wildman–Crippen MR) is 113 cm³/mol. The fourth-order valence-corrected chi connectivity index (χ4v) is 4.13. The van der Waals surface area contributed by atoms with Crippen LogP contribution < -0.4 is 10.4 Å². The number of aromatic nitrogens is 1. The molecule has 1 N–H and O–H groups in total. The number of nitrogens with one attached hydrogen (secondary N) is 1. The van der Waals surface area contributed by atoms with E-state index in [0.29, 0.717) is 24.4 Å². The smallest absolute Gasteiger partial charge is 0.336 e. The first kappa shape index (κ1) is 18.0. The van der Waals surface area contributed by atoms with Gasteiger partial charge in [0.25, 0.3) is 5.91 Å². The van der Waals surface area contributed by atoms with E-state index in [1.807, 2.05) is 17.0 Å². The van der Waals surface area contributed by atoms with Crippen molar-refractivity contribution in [1.82, 2.24) is 9.88 Å². The number of hydrogen-bond donors (Lipinski definition) is 1. The van der Waals surface area contributed by atoms with Crippen molar-refractivity contribution in [2.24, 2.45) is 0 Å². The monoisotopic (exact) mass is 452 g/mol. The highest BCUT2D eigenvalue weighted by Crippen LogP contribution is 2.30. The lowest BCUT2D eigenvalue weighted by Crippen LogP contribution is -2.38. The van der Waals surface area contributed by atoms with Gasteiger partial charge in [0.15, 0.2) is 6.61 Å². The zero-order valence-electron chi connectivity index (χ0n) is 15.4. The largest absolute Gasteiger partial charge is 0.484 e. The van der Waals surface area contributed by atoms with Gasteiger partial charge in [-0.1, -0.05) is 15.9 Å². The Hall–Kier alpha value is -3.06. The van der Waals surface area contributed by atoms with Gasteiger partial charge in [0.2, 0.25) is 0 Å². The van der Waals surface area contributed by atoms with Gasteiger partial charge in [0, 0.05) is 63.7 Å². The topological polar surface area (TPSA) is 75.5 Å². The zero-order chi connectivity index (χ0) is 20.0. The Morgan fingerprint density at radius 3 is 2.93 bits per heavy atom. The highest BCUT2D eigenvalue weighted by atomic mass is 79.9. The number of H-pyrrole nitrogens is 1. The third-order valence-electron chi connectivity index (χ3n) is 5.25. The van der Waals surface area contributed by atoms with Crippen LogP contribution in [0.2, 0.25) is 0 Å². The van der Waals surface area contributed by atoms with Crippen LogP contribution in [0.25, 0.3) is 21.9 Å². The van der Waals surface area contributed by atoms with Gasteiger partial charge in [-0.2, -0.15) is 0 Å². The molecular weight excluding hydrogens is 436 g/mol. The van der Waals surface area contributed by atoms with E-state index in [0.717, 1.165) is 32.7 Å². The Morgan fingerprint density at radius 2 is 2.03 bits per heavy atom. The van der Waals surface area contributed by atoms with Gasteiger partial charge in [-0.05, 0) is 36.4 Å². The molecule has 0 atom stereocenters. The SMILES string of the molecule is O=C(COc1ccc2ccc(=O)oc2c1)N1CCc2[nH]c3ccc(Br)cc3c2C1. The summed E-state index contributed by atoms with van der Waals surface area (Å²) < 4.78 is 11.9. The molecule has 0 aliphatic carbocycles. The lowest BCUT2D eigenvalue weighted by atomic mass is 10.0. The normalized spacial score (nSPS) is 13.6. The Morgan fingerprint density at radius 1 is 1.17 bits per heavy atom. The fraction of sp³-hybridized carbons (Fsp3) is 0.182. The number of amides is 1. The van der Waals surface area contributed by atoms with Crippen LogP contribution in [0, 0.1) is 0 Å². The second-order valence-electron chi connectivity index (χ2n) is 7.08. The Kier molecular flexibility index (Phi) is 4.39. The summed E-state index contributed by atoms with van der Waals surface area (Å²) in [6, 6.07) is 14.4. The van der Waals surface area contributed by atoms with E-state index in [2.05, 4.69) is 27.0 Å². The van der Waals surface area contributed by atoms with Crippen molar-refractivity contribution in [2.75, 3.05) is 13.2 Å². The predicted octanol–water partition coefficient (Wildman–Crippen LogP) is 4.00. The molecule has 0 fully saturated rings. The number of halogens is 1. The number of aromatic amines is 1.